The summed E-state index contributed by atoms with van der Waals surface area (Å²) in [6.45, 7) is 2.26. The SMILES string of the molecule is COCC(CO)NC(C)c1cncc(F)c1. The molecule has 16 heavy (non-hydrogen) atoms. The predicted octanol–water partition coefficient (Wildman–Crippen LogP) is 0.879. The number of nitrogens with one attached hydrogen (secondary N) is 1. The Bertz CT molecular complexity index is 323. The summed E-state index contributed by atoms with van der Waals surface area (Å²) in [6, 6.07) is 1.17. The lowest BCUT2D eigenvalue weighted by atomic mass is 10.1. The molecule has 0 aromatic carbocycles. The quantitative estimate of drug-likeness (QED) is 0.759. The van der Waals surface area contributed by atoms with Crippen molar-refractivity contribution in [3.8, 4) is 0 Å². The van der Waals surface area contributed by atoms with E-state index in [9.17, 15) is 4.39 Å². The zero-order valence-corrected chi connectivity index (χ0v) is 9.48. The summed E-state index contributed by atoms with van der Waals surface area (Å²) < 4.78 is 17.9. The maximum Gasteiger partial charge on any atom is 0.141 e. The number of halogens is 1. The summed E-state index contributed by atoms with van der Waals surface area (Å²) in [5.41, 5.74) is 0.745. The van der Waals surface area contributed by atoms with Gasteiger partial charge in [-0.05, 0) is 18.6 Å². The summed E-state index contributed by atoms with van der Waals surface area (Å²) in [6.07, 6.45) is 2.76. The lowest BCUT2D eigenvalue weighted by molar-refractivity contribution is 0.123. The van der Waals surface area contributed by atoms with Gasteiger partial charge in [0.05, 0.1) is 25.5 Å². The Kier molecular flexibility index (Phi) is 5.31. The highest BCUT2D eigenvalue weighted by Crippen LogP contribution is 2.12. The maximum atomic E-state index is 12.9. The highest BCUT2D eigenvalue weighted by molar-refractivity contribution is 5.14. The third-order valence-electron chi connectivity index (χ3n) is 2.30. The molecular formula is C11H17FN2O2. The number of aromatic nitrogens is 1. The number of aliphatic hydroxyl groups excluding tert-OH is 1. The molecule has 0 amide bonds. The van der Waals surface area contributed by atoms with Gasteiger partial charge in [0.25, 0.3) is 0 Å². The van der Waals surface area contributed by atoms with Crippen LogP contribution in [0.1, 0.15) is 18.5 Å². The summed E-state index contributed by atoms with van der Waals surface area (Å²) in [7, 11) is 1.57. The van der Waals surface area contributed by atoms with Crippen molar-refractivity contribution < 1.29 is 14.2 Å². The largest absolute Gasteiger partial charge is 0.395 e. The van der Waals surface area contributed by atoms with E-state index in [4.69, 9.17) is 9.84 Å². The van der Waals surface area contributed by atoms with E-state index in [0.29, 0.717) is 6.61 Å². The summed E-state index contributed by atoms with van der Waals surface area (Å²) in [5.74, 6) is -0.363. The van der Waals surface area contributed by atoms with Crippen LogP contribution in [0.2, 0.25) is 0 Å². The smallest absolute Gasteiger partial charge is 0.141 e. The monoisotopic (exact) mass is 228 g/mol. The van der Waals surface area contributed by atoms with E-state index in [1.54, 1.807) is 13.3 Å². The molecule has 0 aliphatic heterocycles. The van der Waals surface area contributed by atoms with Crippen LogP contribution in [0.4, 0.5) is 4.39 Å². The average molecular weight is 228 g/mol. The van der Waals surface area contributed by atoms with E-state index in [2.05, 4.69) is 10.3 Å². The molecule has 2 atom stereocenters. The second-order valence-electron chi connectivity index (χ2n) is 3.66. The Labute approximate surface area is 94.5 Å². The number of aliphatic hydroxyl groups is 1. The third kappa shape index (κ3) is 3.84. The number of ether oxygens (including phenoxy) is 1. The molecule has 4 nitrogen and oxygen atoms in total. The molecule has 1 heterocycles. The van der Waals surface area contributed by atoms with Gasteiger partial charge in [-0.15, -0.1) is 0 Å². The van der Waals surface area contributed by atoms with E-state index in [0.717, 1.165) is 11.8 Å². The Hall–Kier alpha value is -1.04. The van der Waals surface area contributed by atoms with Gasteiger partial charge in [0.1, 0.15) is 5.82 Å². The molecule has 2 unspecified atom stereocenters. The Morgan fingerprint density at radius 2 is 2.31 bits per heavy atom. The highest BCUT2D eigenvalue weighted by Gasteiger charge is 2.13. The molecule has 90 valence electrons. The van der Waals surface area contributed by atoms with Crippen LogP contribution in [-0.2, 0) is 4.74 Å². The zero-order valence-electron chi connectivity index (χ0n) is 9.48. The molecule has 0 aliphatic rings. The van der Waals surface area contributed by atoms with Crippen LogP contribution in [0.15, 0.2) is 18.5 Å². The third-order valence-corrected chi connectivity index (χ3v) is 2.30. The number of hydrogen-bond acceptors (Lipinski definition) is 4. The first-order valence-electron chi connectivity index (χ1n) is 5.13. The van der Waals surface area contributed by atoms with Crippen LogP contribution >= 0.6 is 0 Å². The van der Waals surface area contributed by atoms with E-state index in [1.807, 2.05) is 6.92 Å². The molecule has 0 aliphatic carbocycles. The van der Waals surface area contributed by atoms with E-state index >= 15 is 0 Å². The van der Waals surface area contributed by atoms with Gasteiger partial charge in [-0.2, -0.15) is 0 Å². The van der Waals surface area contributed by atoms with E-state index in [1.165, 1.54) is 6.07 Å². The molecule has 1 rings (SSSR count). The average Bonchev–Trinajstić information content (AvgIpc) is 2.28. The minimum absolute atomic E-state index is 0.0269. The minimum Gasteiger partial charge on any atom is -0.395 e. The van der Waals surface area contributed by atoms with Gasteiger partial charge in [0.15, 0.2) is 0 Å². The molecule has 0 radical (unpaired) electrons. The van der Waals surface area contributed by atoms with Crippen LogP contribution in [-0.4, -0.2) is 36.5 Å². The van der Waals surface area contributed by atoms with Gasteiger partial charge in [0.2, 0.25) is 0 Å². The molecule has 1 aromatic heterocycles. The minimum atomic E-state index is -0.363. The Morgan fingerprint density at radius 1 is 1.56 bits per heavy atom. The van der Waals surface area contributed by atoms with Gasteiger partial charge in [-0.25, -0.2) is 4.39 Å². The van der Waals surface area contributed by atoms with Crippen molar-refractivity contribution in [2.45, 2.75) is 19.0 Å². The molecule has 0 bridgehead atoms. The molecule has 5 heteroatoms. The van der Waals surface area contributed by atoms with Crippen molar-refractivity contribution in [1.29, 1.82) is 0 Å². The van der Waals surface area contributed by atoms with Crippen LogP contribution in [0.3, 0.4) is 0 Å². The number of rotatable bonds is 6. The fourth-order valence-electron chi connectivity index (χ4n) is 1.47. The van der Waals surface area contributed by atoms with Gasteiger partial charge < -0.3 is 15.2 Å². The van der Waals surface area contributed by atoms with Gasteiger partial charge in [-0.3, -0.25) is 4.98 Å². The van der Waals surface area contributed by atoms with Crippen molar-refractivity contribution in [2.24, 2.45) is 0 Å². The first-order valence-corrected chi connectivity index (χ1v) is 5.13. The molecule has 0 fully saturated rings. The highest BCUT2D eigenvalue weighted by atomic mass is 19.1. The molecule has 0 spiro atoms. The van der Waals surface area contributed by atoms with Crippen LogP contribution in [0.5, 0.6) is 0 Å². The van der Waals surface area contributed by atoms with Crippen molar-refractivity contribution in [3.05, 3.63) is 29.8 Å². The normalized spacial score (nSPS) is 14.8. The summed E-state index contributed by atoms with van der Waals surface area (Å²) in [4.78, 5) is 3.78. The van der Waals surface area contributed by atoms with Gasteiger partial charge in [-0.1, -0.05) is 0 Å². The second kappa shape index (κ2) is 6.52. The first-order chi connectivity index (χ1) is 7.67. The summed E-state index contributed by atoms with van der Waals surface area (Å²) in [5, 5.41) is 12.2. The summed E-state index contributed by atoms with van der Waals surface area (Å²) >= 11 is 0. The predicted molar refractivity (Wildman–Crippen MR) is 58.5 cm³/mol. The van der Waals surface area contributed by atoms with Crippen molar-refractivity contribution in [3.63, 3.8) is 0 Å². The Morgan fingerprint density at radius 3 is 2.88 bits per heavy atom. The molecule has 0 saturated carbocycles. The fourth-order valence-corrected chi connectivity index (χ4v) is 1.47. The number of pyridine rings is 1. The van der Waals surface area contributed by atoms with Gasteiger partial charge >= 0.3 is 0 Å². The van der Waals surface area contributed by atoms with Crippen LogP contribution in [0.25, 0.3) is 0 Å². The maximum absolute atomic E-state index is 12.9. The topological polar surface area (TPSA) is 54.4 Å². The number of methoxy groups -OCH3 is 1. The molecule has 2 N–H and O–H groups in total. The van der Waals surface area contributed by atoms with Crippen molar-refractivity contribution in [1.82, 2.24) is 10.3 Å². The standard InChI is InChI=1S/C11H17FN2O2/c1-8(14-11(6-15)7-16-2)9-3-10(12)5-13-4-9/h3-5,8,11,14-15H,6-7H2,1-2H3. The molecule has 0 saturated heterocycles. The number of hydrogen-bond donors (Lipinski definition) is 2. The Balaban J connectivity index is 2.60. The van der Waals surface area contributed by atoms with Crippen molar-refractivity contribution in [2.75, 3.05) is 20.3 Å². The van der Waals surface area contributed by atoms with E-state index < -0.39 is 0 Å². The van der Waals surface area contributed by atoms with Gasteiger partial charge in [0, 0.05) is 19.3 Å². The zero-order chi connectivity index (χ0) is 12.0. The van der Waals surface area contributed by atoms with Crippen LogP contribution in [0, 0.1) is 5.82 Å². The molecular weight excluding hydrogens is 211 g/mol. The molecule has 1 aromatic rings. The first kappa shape index (κ1) is 13.0. The van der Waals surface area contributed by atoms with Crippen molar-refractivity contribution >= 4 is 0 Å². The fraction of sp³-hybridized carbons (Fsp3) is 0.545. The second-order valence-corrected chi connectivity index (χ2v) is 3.66. The van der Waals surface area contributed by atoms with E-state index in [-0.39, 0.29) is 24.5 Å². The lowest BCUT2D eigenvalue weighted by Crippen LogP contribution is -2.38. The number of nitrogens with zero attached hydrogens (tertiary/aromatic N) is 1. The van der Waals surface area contributed by atoms with Crippen LogP contribution < -0.4 is 5.32 Å². The lowest BCUT2D eigenvalue weighted by Gasteiger charge is -2.21.